The standard InChI is InChI=1S/C17H20BrNO2/c1-20-14-6-8-15(9-7-14)21-11-10-13(12-19)16-4-2-3-5-17(16)18/h2-9,13H,10-12,19H2,1H3. The maximum atomic E-state index is 5.90. The molecule has 0 saturated heterocycles. The van der Waals surface area contributed by atoms with Gasteiger partial charge in [-0.2, -0.15) is 0 Å². The van der Waals surface area contributed by atoms with E-state index in [1.165, 1.54) is 5.56 Å². The molecule has 1 atom stereocenters. The summed E-state index contributed by atoms with van der Waals surface area (Å²) in [6.45, 7) is 1.24. The Bertz CT molecular complexity index is 557. The first-order valence-electron chi connectivity index (χ1n) is 6.96. The molecule has 2 rings (SSSR count). The Morgan fingerprint density at radius 3 is 2.33 bits per heavy atom. The van der Waals surface area contributed by atoms with Crippen LogP contribution in [0.3, 0.4) is 0 Å². The fourth-order valence-corrected chi connectivity index (χ4v) is 2.81. The molecular formula is C17H20BrNO2. The van der Waals surface area contributed by atoms with E-state index in [0.29, 0.717) is 19.1 Å². The maximum absolute atomic E-state index is 5.90. The average Bonchev–Trinajstić information content (AvgIpc) is 2.53. The molecule has 2 aromatic carbocycles. The van der Waals surface area contributed by atoms with Crippen LogP contribution in [0.4, 0.5) is 0 Å². The van der Waals surface area contributed by atoms with Crippen molar-refractivity contribution in [3.63, 3.8) is 0 Å². The fourth-order valence-electron chi connectivity index (χ4n) is 2.20. The number of ether oxygens (including phenoxy) is 2. The predicted molar refractivity (Wildman–Crippen MR) is 89.0 cm³/mol. The van der Waals surface area contributed by atoms with E-state index in [1.54, 1.807) is 7.11 Å². The summed E-state index contributed by atoms with van der Waals surface area (Å²) in [5, 5.41) is 0. The van der Waals surface area contributed by atoms with Crippen LogP contribution in [0.5, 0.6) is 11.5 Å². The molecule has 0 aliphatic carbocycles. The Morgan fingerprint density at radius 1 is 1.05 bits per heavy atom. The van der Waals surface area contributed by atoms with Crippen LogP contribution in [0.1, 0.15) is 17.9 Å². The third-order valence-electron chi connectivity index (χ3n) is 3.42. The SMILES string of the molecule is COc1ccc(OCCC(CN)c2ccccc2Br)cc1. The summed E-state index contributed by atoms with van der Waals surface area (Å²) in [6.07, 6.45) is 0.880. The minimum absolute atomic E-state index is 0.291. The Hall–Kier alpha value is -1.52. The summed E-state index contributed by atoms with van der Waals surface area (Å²) in [4.78, 5) is 0. The molecule has 0 bridgehead atoms. The van der Waals surface area contributed by atoms with E-state index in [2.05, 4.69) is 22.0 Å². The van der Waals surface area contributed by atoms with Crippen molar-refractivity contribution in [2.24, 2.45) is 5.73 Å². The van der Waals surface area contributed by atoms with Crippen molar-refractivity contribution in [2.45, 2.75) is 12.3 Å². The molecule has 0 heterocycles. The zero-order chi connectivity index (χ0) is 15.1. The molecule has 0 spiro atoms. The average molecular weight is 350 g/mol. The highest BCUT2D eigenvalue weighted by molar-refractivity contribution is 9.10. The van der Waals surface area contributed by atoms with Crippen LogP contribution < -0.4 is 15.2 Å². The first-order valence-corrected chi connectivity index (χ1v) is 7.75. The summed E-state index contributed by atoms with van der Waals surface area (Å²) in [5.74, 6) is 1.97. The van der Waals surface area contributed by atoms with Crippen molar-refractivity contribution < 1.29 is 9.47 Å². The third kappa shape index (κ3) is 4.48. The number of nitrogens with two attached hydrogens (primary N) is 1. The molecule has 21 heavy (non-hydrogen) atoms. The van der Waals surface area contributed by atoms with E-state index < -0.39 is 0 Å². The largest absolute Gasteiger partial charge is 0.497 e. The number of halogens is 1. The van der Waals surface area contributed by atoms with E-state index in [0.717, 1.165) is 22.4 Å². The molecule has 1 unspecified atom stereocenters. The van der Waals surface area contributed by atoms with Gasteiger partial charge < -0.3 is 15.2 Å². The minimum atomic E-state index is 0.291. The predicted octanol–water partition coefficient (Wildman–Crippen LogP) is 3.97. The second-order valence-electron chi connectivity index (χ2n) is 4.77. The molecule has 0 radical (unpaired) electrons. The third-order valence-corrected chi connectivity index (χ3v) is 4.15. The highest BCUT2D eigenvalue weighted by atomic mass is 79.9. The van der Waals surface area contributed by atoms with Gasteiger partial charge >= 0.3 is 0 Å². The van der Waals surface area contributed by atoms with Gasteiger partial charge in [0.15, 0.2) is 0 Å². The second-order valence-corrected chi connectivity index (χ2v) is 5.62. The number of methoxy groups -OCH3 is 1. The van der Waals surface area contributed by atoms with Gasteiger partial charge in [0.25, 0.3) is 0 Å². The minimum Gasteiger partial charge on any atom is -0.497 e. The number of benzene rings is 2. The summed E-state index contributed by atoms with van der Waals surface area (Å²) < 4.78 is 12.0. The number of rotatable bonds is 7. The molecule has 112 valence electrons. The normalized spacial score (nSPS) is 12.0. The molecule has 0 amide bonds. The molecule has 4 heteroatoms. The van der Waals surface area contributed by atoms with Gasteiger partial charge in [0.1, 0.15) is 11.5 Å². The van der Waals surface area contributed by atoms with Crippen molar-refractivity contribution in [2.75, 3.05) is 20.3 Å². The van der Waals surface area contributed by atoms with Crippen LogP contribution in [0, 0.1) is 0 Å². The summed E-state index contributed by atoms with van der Waals surface area (Å²) >= 11 is 3.58. The topological polar surface area (TPSA) is 44.5 Å². The maximum Gasteiger partial charge on any atom is 0.119 e. The van der Waals surface area contributed by atoms with Crippen LogP contribution >= 0.6 is 15.9 Å². The van der Waals surface area contributed by atoms with Gasteiger partial charge in [-0.15, -0.1) is 0 Å². The van der Waals surface area contributed by atoms with Crippen molar-refractivity contribution in [3.05, 3.63) is 58.6 Å². The number of hydrogen-bond donors (Lipinski definition) is 1. The van der Waals surface area contributed by atoms with E-state index >= 15 is 0 Å². The summed E-state index contributed by atoms with van der Waals surface area (Å²) in [6, 6.07) is 15.8. The van der Waals surface area contributed by atoms with Crippen LogP contribution in [0.25, 0.3) is 0 Å². The molecule has 3 nitrogen and oxygen atoms in total. The van der Waals surface area contributed by atoms with Crippen molar-refractivity contribution in [1.82, 2.24) is 0 Å². The second kappa shape index (κ2) is 8.05. The molecule has 0 aromatic heterocycles. The molecule has 0 aliphatic rings. The van der Waals surface area contributed by atoms with Crippen LogP contribution in [0.15, 0.2) is 53.0 Å². The molecular weight excluding hydrogens is 330 g/mol. The molecule has 0 aliphatic heterocycles. The van der Waals surface area contributed by atoms with Gasteiger partial charge in [0.05, 0.1) is 13.7 Å². The lowest BCUT2D eigenvalue weighted by Gasteiger charge is -2.17. The lowest BCUT2D eigenvalue weighted by Crippen LogP contribution is -2.16. The highest BCUT2D eigenvalue weighted by Crippen LogP contribution is 2.27. The van der Waals surface area contributed by atoms with Crippen molar-refractivity contribution in [1.29, 1.82) is 0 Å². The number of hydrogen-bond acceptors (Lipinski definition) is 3. The molecule has 2 N–H and O–H groups in total. The van der Waals surface area contributed by atoms with Crippen molar-refractivity contribution in [3.8, 4) is 11.5 Å². The first-order chi connectivity index (χ1) is 10.2. The Morgan fingerprint density at radius 2 is 1.71 bits per heavy atom. The monoisotopic (exact) mass is 349 g/mol. The highest BCUT2D eigenvalue weighted by Gasteiger charge is 2.12. The zero-order valence-corrected chi connectivity index (χ0v) is 13.7. The van der Waals surface area contributed by atoms with E-state index in [4.69, 9.17) is 15.2 Å². The molecule has 0 saturated carbocycles. The summed E-state index contributed by atoms with van der Waals surface area (Å²) in [7, 11) is 1.65. The van der Waals surface area contributed by atoms with E-state index in [-0.39, 0.29) is 0 Å². The molecule has 2 aromatic rings. The lowest BCUT2D eigenvalue weighted by atomic mass is 9.96. The van der Waals surface area contributed by atoms with Crippen molar-refractivity contribution >= 4 is 15.9 Å². The van der Waals surface area contributed by atoms with Crippen LogP contribution in [-0.2, 0) is 0 Å². The van der Waals surface area contributed by atoms with Gasteiger partial charge in [-0.25, -0.2) is 0 Å². The van der Waals surface area contributed by atoms with Crippen LogP contribution in [0.2, 0.25) is 0 Å². The van der Waals surface area contributed by atoms with E-state index in [9.17, 15) is 0 Å². The quantitative estimate of drug-likeness (QED) is 0.822. The van der Waals surface area contributed by atoms with Gasteiger partial charge in [-0.3, -0.25) is 0 Å². The van der Waals surface area contributed by atoms with Gasteiger partial charge in [-0.05, 0) is 48.9 Å². The summed E-state index contributed by atoms with van der Waals surface area (Å²) in [5.41, 5.74) is 7.13. The van der Waals surface area contributed by atoms with E-state index in [1.807, 2.05) is 42.5 Å². The Balaban J connectivity index is 1.90. The zero-order valence-electron chi connectivity index (χ0n) is 12.1. The fraction of sp³-hybridized carbons (Fsp3) is 0.294. The van der Waals surface area contributed by atoms with Gasteiger partial charge in [0.2, 0.25) is 0 Å². The molecule has 0 fully saturated rings. The van der Waals surface area contributed by atoms with Crippen LogP contribution in [-0.4, -0.2) is 20.3 Å². The van der Waals surface area contributed by atoms with Gasteiger partial charge in [0, 0.05) is 10.4 Å². The Kier molecular flexibility index (Phi) is 6.08. The van der Waals surface area contributed by atoms with Gasteiger partial charge in [-0.1, -0.05) is 34.1 Å². The smallest absolute Gasteiger partial charge is 0.119 e. The first kappa shape index (κ1) is 15.9. The lowest BCUT2D eigenvalue weighted by molar-refractivity contribution is 0.297. The Labute approximate surface area is 134 Å².